The molecule has 0 radical (unpaired) electrons. The van der Waals surface area contributed by atoms with E-state index in [4.69, 9.17) is 5.73 Å². The number of likely N-dealkylation sites (N-methyl/N-ethyl adjacent to an activating group) is 1. The van der Waals surface area contributed by atoms with Gasteiger partial charge in [-0.05, 0) is 17.3 Å². The summed E-state index contributed by atoms with van der Waals surface area (Å²) in [5.41, 5.74) is 7.43. The highest BCUT2D eigenvalue weighted by Crippen LogP contribution is 2.21. The average molecular weight is 178 g/mol. The number of carbonyl (C=O) groups is 1. The molecule has 3 nitrogen and oxygen atoms in total. The van der Waals surface area contributed by atoms with Crippen LogP contribution in [-0.2, 0) is 4.79 Å². The zero-order valence-electron chi connectivity index (χ0n) is 7.79. The highest BCUT2D eigenvalue weighted by atomic mass is 16.2. The van der Waals surface area contributed by atoms with E-state index in [-0.39, 0.29) is 5.91 Å². The molecule has 1 saturated heterocycles. The number of carbonyl (C=O) groups excluding carboxylic acids is 1. The summed E-state index contributed by atoms with van der Waals surface area (Å²) in [6, 6.07) is 0. The van der Waals surface area contributed by atoms with Crippen LogP contribution in [0.2, 0.25) is 0 Å². The smallest absolute Gasteiger partial charge is 0.227 e. The minimum atomic E-state index is 0.124. The van der Waals surface area contributed by atoms with Crippen molar-refractivity contribution in [1.29, 1.82) is 0 Å². The van der Waals surface area contributed by atoms with Gasteiger partial charge < -0.3 is 10.6 Å². The molecule has 70 valence electrons. The number of nitrogens with two attached hydrogens (primary N) is 1. The van der Waals surface area contributed by atoms with Crippen LogP contribution in [0.15, 0.2) is 36.1 Å². The SMILES string of the molecule is C=C/C=C1/CC(=O)N(C)C/C1=C/N. The second-order valence-electron chi connectivity index (χ2n) is 3.05. The van der Waals surface area contributed by atoms with Crippen LogP contribution < -0.4 is 5.73 Å². The van der Waals surface area contributed by atoms with Gasteiger partial charge in [0.1, 0.15) is 0 Å². The van der Waals surface area contributed by atoms with Crippen molar-refractivity contribution in [2.24, 2.45) is 5.73 Å². The van der Waals surface area contributed by atoms with Crippen LogP contribution in [0.5, 0.6) is 0 Å². The van der Waals surface area contributed by atoms with Gasteiger partial charge >= 0.3 is 0 Å². The van der Waals surface area contributed by atoms with E-state index in [0.717, 1.165) is 11.1 Å². The number of amides is 1. The molecule has 0 aliphatic carbocycles. The Kier molecular flexibility index (Phi) is 2.90. The van der Waals surface area contributed by atoms with Crippen LogP contribution in [0.4, 0.5) is 0 Å². The molecule has 0 aromatic heterocycles. The molecule has 1 heterocycles. The summed E-state index contributed by atoms with van der Waals surface area (Å²) in [4.78, 5) is 13.0. The molecule has 3 heteroatoms. The van der Waals surface area contributed by atoms with Crippen molar-refractivity contribution in [3.63, 3.8) is 0 Å². The van der Waals surface area contributed by atoms with Gasteiger partial charge in [-0.15, -0.1) is 0 Å². The molecule has 1 aliphatic heterocycles. The summed E-state index contributed by atoms with van der Waals surface area (Å²) in [5, 5.41) is 0. The second kappa shape index (κ2) is 3.94. The first-order valence-electron chi connectivity index (χ1n) is 4.15. The fraction of sp³-hybridized carbons (Fsp3) is 0.300. The number of likely N-dealkylation sites (tertiary alicyclic amines) is 1. The Morgan fingerprint density at radius 1 is 1.54 bits per heavy atom. The van der Waals surface area contributed by atoms with Crippen LogP contribution in [0.1, 0.15) is 6.42 Å². The predicted molar refractivity (Wildman–Crippen MR) is 52.8 cm³/mol. The van der Waals surface area contributed by atoms with Crippen molar-refractivity contribution in [1.82, 2.24) is 4.90 Å². The van der Waals surface area contributed by atoms with Gasteiger partial charge in [-0.25, -0.2) is 0 Å². The van der Waals surface area contributed by atoms with E-state index in [1.54, 1.807) is 24.2 Å². The molecule has 1 amide bonds. The lowest BCUT2D eigenvalue weighted by atomic mass is 9.98. The first-order chi connectivity index (χ1) is 6.19. The number of rotatable bonds is 1. The molecule has 0 aromatic rings. The zero-order chi connectivity index (χ0) is 9.84. The number of allylic oxidation sites excluding steroid dienone is 2. The maximum Gasteiger partial charge on any atom is 0.227 e. The van der Waals surface area contributed by atoms with Gasteiger partial charge in [0.25, 0.3) is 0 Å². The predicted octanol–water partition coefficient (Wildman–Crippen LogP) is 0.803. The Morgan fingerprint density at radius 2 is 2.23 bits per heavy atom. The summed E-state index contributed by atoms with van der Waals surface area (Å²) >= 11 is 0. The summed E-state index contributed by atoms with van der Waals surface area (Å²) in [5.74, 6) is 0.124. The van der Waals surface area contributed by atoms with Crippen molar-refractivity contribution in [2.75, 3.05) is 13.6 Å². The fourth-order valence-corrected chi connectivity index (χ4v) is 1.32. The molecular formula is C10H14N2O. The standard InChI is InChI=1S/C10H14N2O/c1-3-4-8-5-10(13)12(2)7-9(8)6-11/h3-4,6H,1,5,7,11H2,2H3/b8-4-,9-6-. The Bertz CT molecular complexity index is 289. The van der Waals surface area contributed by atoms with Crippen LogP contribution in [0, 0.1) is 0 Å². The van der Waals surface area contributed by atoms with E-state index in [0.29, 0.717) is 13.0 Å². The summed E-state index contributed by atoms with van der Waals surface area (Å²) in [7, 11) is 1.77. The lowest BCUT2D eigenvalue weighted by Crippen LogP contribution is -2.34. The molecule has 0 bridgehead atoms. The van der Waals surface area contributed by atoms with E-state index in [1.165, 1.54) is 0 Å². The Labute approximate surface area is 78.2 Å². The highest BCUT2D eigenvalue weighted by Gasteiger charge is 2.21. The van der Waals surface area contributed by atoms with Crippen molar-refractivity contribution >= 4 is 5.91 Å². The van der Waals surface area contributed by atoms with Gasteiger partial charge in [0, 0.05) is 13.6 Å². The van der Waals surface area contributed by atoms with Gasteiger partial charge in [-0.1, -0.05) is 18.7 Å². The average Bonchev–Trinajstić information content (AvgIpc) is 2.11. The van der Waals surface area contributed by atoms with E-state index in [1.807, 2.05) is 6.08 Å². The third-order valence-electron chi connectivity index (χ3n) is 2.11. The maximum absolute atomic E-state index is 11.3. The van der Waals surface area contributed by atoms with Gasteiger partial charge in [0.05, 0.1) is 6.42 Å². The zero-order valence-corrected chi connectivity index (χ0v) is 7.79. The van der Waals surface area contributed by atoms with Gasteiger partial charge in [-0.3, -0.25) is 4.79 Å². The van der Waals surface area contributed by atoms with Crippen molar-refractivity contribution in [3.8, 4) is 0 Å². The third kappa shape index (κ3) is 1.99. The molecule has 1 rings (SSSR count). The van der Waals surface area contributed by atoms with E-state index in [2.05, 4.69) is 6.58 Å². The van der Waals surface area contributed by atoms with Crippen LogP contribution >= 0.6 is 0 Å². The largest absolute Gasteiger partial charge is 0.404 e. The highest BCUT2D eigenvalue weighted by molar-refractivity contribution is 5.82. The van der Waals surface area contributed by atoms with Crippen molar-refractivity contribution < 1.29 is 4.79 Å². The third-order valence-corrected chi connectivity index (χ3v) is 2.11. The number of hydrogen-bond acceptors (Lipinski definition) is 2. The molecule has 0 atom stereocenters. The topological polar surface area (TPSA) is 46.3 Å². The number of hydrogen-bond donors (Lipinski definition) is 1. The van der Waals surface area contributed by atoms with Crippen molar-refractivity contribution in [3.05, 3.63) is 36.1 Å². The second-order valence-corrected chi connectivity index (χ2v) is 3.05. The molecule has 2 N–H and O–H groups in total. The number of piperidine rings is 1. The molecule has 0 unspecified atom stereocenters. The minimum absolute atomic E-state index is 0.124. The lowest BCUT2D eigenvalue weighted by Gasteiger charge is -2.26. The maximum atomic E-state index is 11.3. The van der Waals surface area contributed by atoms with Gasteiger partial charge in [0.15, 0.2) is 0 Å². The molecular weight excluding hydrogens is 164 g/mol. The Hall–Kier alpha value is -1.51. The number of nitrogens with zero attached hydrogens (tertiary/aromatic N) is 1. The first-order valence-corrected chi connectivity index (χ1v) is 4.15. The molecule has 0 saturated carbocycles. The fourth-order valence-electron chi connectivity index (χ4n) is 1.32. The van der Waals surface area contributed by atoms with E-state index in [9.17, 15) is 4.79 Å². The summed E-state index contributed by atoms with van der Waals surface area (Å²) in [6.45, 7) is 4.19. The molecule has 1 fully saturated rings. The molecule has 1 aliphatic rings. The minimum Gasteiger partial charge on any atom is -0.404 e. The van der Waals surface area contributed by atoms with Gasteiger partial charge in [0.2, 0.25) is 5.91 Å². The normalized spacial score (nSPS) is 24.1. The molecule has 0 aromatic carbocycles. The van der Waals surface area contributed by atoms with E-state index >= 15 is 0 Å². The Balaban J connectivity index is 2.91. The Morgan fingerprint density at radius 3 is 2.77 bits per heavy atom. The summed E-state index contributed by atoms with van der Waals surface area (Å²) in [6.07, 6.45) is 5.49. The summed E-state index contributed by atoms with van der Waals surface area (Å²) < 4.78 is 0. The molecule has 0 spiro atoms. The van der Waals surface area contributed by atoms with Crippen LogP contribution in [-0.4, -0.2) is 24.4 Å². The lowest BCUT2D eigenvalue weighted by molar-refractivity contribution is -0.129. The monoisotopic (exact) mass is 178 g/mol. The van der Waals surface area contributed by atoms with Gasteiger partial charge in [-0.2, -0.15) is 0 Å². The van der Waals surface area contributed by atoms with E-state index < -0.39 is 0 Å². The van der Waals surface area contributed by atoms with Crippen molar-refractivity contribution in [2.45, 2.75) is 6.42 Å². The molecule has 13 heavy (non-hydrogen) atoms. The first kappa shape index (κ1) is 9.58. The quantitative estimate of drug-likeness (QED) is 0.645. The van der Waals surface area contributed by atoms with Crippen LogP contribution in [0.3, 0.4) is 0 Å². The van der Waals surface area contributed by atoms with Crippen LogP contribution in [0.25, 0.3) is 0 Å².